The maximum absolute atomic E-state index is 5.68. The standard InChI is InChI=1S/C13H21N3/c1-11-5-3-6-12-13(11)15(2)8-4-9-16(12)10-7-14/h3,5-6H,4,7-10,14H2,1-2H3. The monoisotopic (exact) mass is 219 g/mol. The second-order valence-electron chi connectivity index (χ2n) is 4.49. The zero-order valence-electron chi connectivity index (χ0n) is 10.2. The molecule has 88 valence electrons. The molecule has 0 amide bonds. The van der Waals surface area contributed by atoms with Gasteiger partial charge < -0.3 is 15.5 Å². The molecule has 0 radical (unpaired) electrons. The van der Waals surface area contributed by atoms with E-state index in [2.05, 4.69) is 42.0 Å². The summed E-state index contributed by atoms with van der Waals surface area (Å²) < 4.78 is 0. The van der Waals surface area contributed by atoms with Crippen LogP contribution in [0.5, 0.6) is 0 Å². The molecule has 0 aromatic heterocycles. The summed E-state index contributed by atoms with van der Waals surface area (Å²) >= 11 is 0. The van der Waals surface area contributed by atoms with E-state index in [1.807, 2.05) is 0 Å². The quantitative estimate of drug-likeness (QED) is 0.820. The number of nitrogens with two attached hydrogens (primary N) is 1. The molecule has 3 heteroatoms. The van der Waals surface area contributed by atoms with Crippen molar-refractivity contribution >= 4 is 11.4 Å². The highest BCUT2D eigenvalue weighted by molar-refractivity contribution is 5.75. The topological polar surface area (TPSA) is 32.5 Å². The summed E-state index contributed by atoms with van der Waals surface area (Å²) in [6.45, 7) is 6.08. The van der Waals surface area contributed by atoms with Gasteiger partial charge in [0.2, 0.25) is 0 Å². The van der Waals surface area contributed by atoms with E-state index < -0.39 is 0 Å². The molecule has 16 heavy (non-hydrogen) atoms. The van der Waals surface area contributed by atoms with Crippen LogP contribution in [0.2, 0.25) is 0 Å². The zero-order chi connectivity index (χ0) is 11.5. The smallest absolute Gasteiger partial charge is 0.0631 e. The number of nitrogens with zero attached hydrogens (tertiary/aromatic N) is 2. The SMILES string of the molecule is Cc1cccc2c1N(C)CCCN2CCN. The lowest BCUT2D eigenvalue weighted by atomic mass is 10.1. The van der Waals surface area contributed by atoms with Crippen LogP contribution in [0.4, 0.5) is 11.4 Å². The Bertz CT molecular complexity index is 362. The fourth-order valence-electron chi connectivity index (χ4n) is 2.51. The van der Waals surface area contributed by atoms with Gasteiger partial charge in [-0.25, -0.2) is 0 Å². The summed E-state index contributed by atoms with van der Waals surface area (Å²) in [4.78, 5) is 4.77. The van der Waals surface area contributed by atoms with Crippen LogP contribution in [0.25, 0.3) is 0 Å². The molecule has 1 aliphatic heterocycles. The van der Waals surface area contributed by atoms with Crippen molar-refractivity contribution in [2.75, 3.05) is 43.0 Å². The van der Waals surface area contributed by atoms with Gasteiger partial charge in [-0.2, -0.15) is 0 Å². The van der Waals surface area contributed by atoms with Crippen molar-refractivity contribution in [2.24, 2.45) is 5.73 Å². The molecule has 3 nitrogen and oxygen atoms in total. The van der Waals surface area contributed by atoms with Crippen molar-refractivity contribution < 1.29 is 0 Å². The van der Waals surface area contributed by atoms with Crippen molar-refractivity contribution in [1.29, 1.82) is 0 Å². The normalized spacial score (nSPS) is 15.9. The summed E-state index contributed by atoms with van der Waals surface area (Å²) in [7, 11) is 2.18. The molecule has 1 heterocycles. The van der Waals surface area contributed by atoms with E-state index in [9.17, 15) is 0 Å². The van der Waals surface area contributed by atoms with Crippen molar-refractivity contribution in [1.82, 2.24) is 0 Å². The maximum atomic E-state index is 5.68. The van der Waals surface area contributed by atoms with E-state index in [-0.39, 0.29) is 0 Å². The van der Waals surface area contributed by atoms with E-state index in [1.54, 1.807) is 0 Å². The van der Waals surface area contributed by atoms with E-state index in [4.69, 9.17) is 5.73 Å². The van der Waals surface area contributed by atoms with Crippen molar-refractivity contribution in [3.8, 4) is 0 Å². The van der Waals surface area contributed by atoms with Crippen LogP contribution in [-0.4, -0.2) is 33.2 Å². The van der Waals surface area contributed by atoms with Gasteiger partial charge in [-0.1, -0.05) is 12.1 Å². The highest BCUT2D eigenvalue weighted by Gasteiger charge is 2.18. The fraction of sp³-hybridized carbons (Fsp3) is 0.538. The summed E-state index contributed by atoms with van der Waals surface area (Å²) in [5.41, 5.74) is 9.74. The molecule has 1 aromatic rings. The largest absolute Gasteiger partial charge is 0.373 e. The lowest BCUT2D eigenvalue weighted by Gasteiger charge is -2.26. The minimum absolute atomic E-state index is 0.719. The van der Waals surface area contributed by atoms with Crippen molar-refractivity contribution in [3.05, 3.63) is 23.8 Å². The molecule has 1 aromatic carbocycles. The molecule has 0 atom stereocenters. The van der Waals surface area contributed by atoms with Gasteiger partial charge in [0.25, 0.3) is 0 Å². The average Bonchev–Trinajstić information content (AvgIpc) is 2.41. The summed E-state index contributed by atoms with van der Waals surface area (Å²) in [5, 5.41) is 0. The number of hydrogen-bond donors (Lipinski definition) is 1. The Hall–Kier alpha value is -1.22. The van der Waals surface area contributed by atoms with Gasteiger partial charge in [0.15, 0.2) is 0 Å². The van der Waals surface area contributed by atoms with Crippen LogP contribution in [0, 0.1) is 6.92 Å². The maximum Gasteiger partial charge on any atom is 0.0631 e. The number of aryl methyl sites for hydroxylation is 1. The molecule has 2 rings (SSSR count). The Morgan fingerprint density at radius 1 is 1.31 bits per heavy atom. The molecular weight excluding hydrogens is 198 g/mol. The number of hydrogen-bond acceptors (Lipinski definition) is 3. The highest BCUT2D eigenvalue weighted by atomic mass is 15.2. The third-order valence-electron chi connectivity index (χ3n) is 3.26. The molecule has 1 aliphatic rings. The van der Waals surface area contributed by atoms with Gasteiger partial charge in [0.1, 0.15) is 0 Å². The molecule has 0 saturated carbocycles. The van der Waals surface area contributed by atoms with Crippen LogP contribution >= 0.6 is 0 Å². The molecule has 0 aliphatic carbocycles. The van der Waals surface area contributed by atoms with Crippen LogP contribution < -0.4 is 15.5 Å². The van der Waals surface area contributed by atoms with Gasteiger partial charge in [0, 0.05) is 33.2 Å². The van der Waals surface area contributed by atoms with Gasteiger partial charge in [-0.15, -0.1) is 0 Å². The lowest BCUT2D eigenvalue weighted by molar-refractivity contribution is 0.741. The first-order chi connectivity index (χ1) is 7.74. The molecule has 0 bridgehead atoms. The first kappa shape index (κ1) is 11.3. The van der Waals surface area contributed by atoms with Crippen LogP contribution in [-0.2, 0) is 0 Å². The Kier molecular flexibility index (Phi) is 3.34. The van der Waals surface area contributed by atoms with Crippen molar-refractivity contribution in [2.45, 2.75) is 13.3 Å². The first-order valence-electron chi connectivity index (χ1n) is 6.00. The second kappa shape index (κ2) is 4.74. The molecule has 2 N–H and O–H groups in total. The molecule has 0 saturated heterocycles. The van der Waals surface area contributed by atoms with Crippen LogP contribution in [0.15, 0.2) is 18.2 Å². The van der Waals surface area contributed by atoms with E-state index in [0.29, 0.717) is 0 Å². The third-order valence-corrected chi connectivity index (χ3v) is 3.26. The summed E-state index contributed by atoms with van der Waals surface area (Å²) in [6.07, 6.45) is 1.20. The van der Waals surface area contributed by atoms with Crippen molar-refractivity contribution in [3.63, 3.8) is 0 Å². The Labute approximate surface area is 97.8 Å². The molecule has 0 spiro atoms. The summed E-state index contributed by atoms with van der Waals surface area (Å²) in [6, 6.07) is 6.53. The summed E-state index contributed by atoms with van der Waals surface area (Å²) in [5.74, 6) is 0. The number of fused-ring (bicyclic) bond motifs is 1. The Morgan fingerprint density at radius 2 is 2.12 bits per heavy atom. The van der Waals surface area contributed by atoms with Crippen LogP contribution in [0.1, 0.15) is 12.0 Å². The molecular formula is C13H21N3. The van der Waals surface area contributed by atoms with Crippen LogP contribution in [0.3, 0.4) is 0 Å². The number of benzene rings is 1. The predicted octanol–water partition coefficient (Wildman–Crippen LogP) is 1.60. The minimum atomic E-state index is 0.719. The number of para-hydroxylation sites is 1. The lowest BCUT2D eigenvalue weighted by Crippen LogP contribution is -2.29. The predicted molar refractivity (Wildman–Crippen MR) is 70.3 cm³/mol. The Morgan fingerprint density at radius 3 is 2.88 bits per heavy atom. The highest BCUT2D eigenvalue weighted by Crippen LogP contribution is 2.34. The van der Waals surface area contributed by atoms with Gasteiger partial charge in [-0.3, -0.25) is 0 Å². The van der Waals surface area contributed by atoms with E-state index >= 15 is 0 Å². The second-order valence-corrected chi connectivity index (χ2v) is 4.49. The van der Waals surface area contributed by atoms with Gasteiger partial charge in [0.05, 0.1) is 11.4 Å². The molecule has 0 fully saturated rings. The Balaban J connectivity index is 2.43. The minimum Gasteiger partial charge on any atom is -0.373 e. The van der Waals surface area contributed by atoms with E-state index in [1.165, 1.54) is 23.4 Å². The zero-order valence-corrected chi connectivity index (χ0v) is 10.2. The van der Waals surface area contributed by atoms with Gasteiger partial charge >= 0.3 is 0 Å². The molecule has 0 unspecified atom stereocenters. The third kappa shape index (κ3) is 2.00. The fourth-order valence-corrected chi connectivity index (χ4v) is 2.51. The van der Waals surface area contributed by atoms with E-state index in [0.717, 1.165) is 26.2 Å². The average molecular weight is 219 g/mol. The first-order valence-corrected chi connectivity index (χ1v) is 6.00. The number of rotatable bonds is 2. The number of anilines is 2. The van der Waals surface area contributed by atoms with Gasteiger partial charge in [-0.05, 0) is 25.0 Å².